The molecular weight excluding hydrogens is 1170 g/mol. The number of ketones is 1. The first-order valence-corrected chi connectivity index (χ1v) is 30.3. The Morgan fingerprint density at radius 1 is 0.473 bits per heavy atom. The molecule has 9 amide bonds. The third kappa shape index (κ3) is 28.3. The van der Waals surface area contributed by atoms with Gasteiger partial charge in [0, 0.05) is 64.8 Å². The predicted molar refractivity (Wildman–Crippen MR) is 345 cm³/mol. The summed E-state index contributed by atoms with van der Waals surface area (Å²) in [5.74, 6) is -9.65. The Hall–Kier alpha value is -10.1. The molecule has 26 N–H and O–H groups in total. The second-order valence-electron chi connectivity index (χ2n) is 22.1. The van der Waals surface area contributed by atoms with Crippen molar-refractivity contribution in [2.75, 3.05) is 32.7 Å². The van der Waals surface area contributed by atoms with Gasteiger partial charge in [0.2, 0.25) is 53.2 Å². The van der Waals surface area contributed by atoms with E-state index in [1.165, 1.54) is 6.92 Å². The van der Waals surface area contributed by atoms with Gasteiger partial charge in [-0.2, -0.15) is 0 Å². The molecular formula is C60H91N21O10. The number of benzene rings is 3. The van der Waals surface area contributed by atoms with Crippen molar-refractivity contribution < 1.29 is 47.9 Å². The molecule has 8 atom stereocenters. The van der Waals surface area contributed by atoms with Crippen LogP contribution in [0, 0.1) is 5.92 Å². The zero-order valence-corrected chi connectivity index (χ0v) is 51.5. The van der Waals surface area contributed by atoms with E-state index in [1.54, 1.807) is 36.4 Å². The molecule has 0 unspecified atom stereocenters. The quantitative estimate of drug-likeness (QED) is 0.0174. The standard InChI is InChI=1S/C60H91N21O10/c1-35(82)75-41(50(61)85)18-7-8-26-70-49(84)25-24-45-55(90)81-47(32-36-13-3-2-4-14-36)56(91)80-46(33-37-22-23-38-15-5-6-16-39(38)31-37)48(83)34-40(17-9-27-71-57(62)63)51(86)76-42(19-10-28-72-58(64)65)52(87)77-43(20-11-29-73-59(66)67)53(88)78-44(54(89)79-45)21-12-30-74-60(68)69/h2-6,13-16,22-23,31,40-47H,7-12,17-21,24-30,32-34H2,1H3,(H2,61,85)(H,70,84)(H,75,82)(H,76,86)(H,77,87)(H,78,88)(H,79,89)(H,80,91)(H,81,90)(H4,62,63,71)(H4,64,65,72)(H4,66,67,73)(H4,68,69,74)/t40-,41+,42-,43+,44-,45+,46+,47-/m1/s1. The number of guanidine groups is 4. The number of nitrogens with zero attached hydrogens (tertiary/aromatic N) is 4. The molecule has 0 bridgehead atoms. The Kier molecular flexibility index (Phi) is 31.5. The van der Waals surface area contributed by atoms with Crippen molar-refractivity contribution in [3.63, 3.8) is 0 Å². The number of primary amides is 1. The van der Waals surface area contributed by atoms with Gasteiger partial charge in [0.15, 0.2) is 29.6 Å². The van der Waals surface area contributed by atoms with Gasteiger partial charge in [-0.25, -0.2) is 0 Å². The van der Waals surface area contributed by atoms with Crippen molar-refractivity contribution in [1.29, 1.82) is 0 Å². The van der Waals surface area contributed by atoms with Crippen LogP contribution >= 0.6 is 0 Å². The number of Topliss-reactive ketones (excluding diaryl/α,β-unsaturated/α-hetero) is 1. The van der Waals surface area contributed by atoms with Gasteiger partial charge in [-0.1, -0.05) is 72.8 Å². The van der Waals surface area contributed by atoms with Crippen LogP contribution in [-0.4, -0.2) is 158 Å². The maximum atomic E-state index is 15.2. The van der Waals surface area contributed by atoms with Crippen LogP contribution in [-0.2, 0) is 60.8 Å². The fourth-order valence-corrected chi connectivity index (χ4v) is 10.00. The second-order valence-corrected chi connectivity index (χ2v) is 22.1. The molecule has 3 aromatic carbocycles. The summed E-state index contributed by atoms with van der Waals surface area (Å²) in [4.78, 5) is 158. The van der Waals surface area contributed by atoms with E-state index in [0.717, 1.165) is 10.8 Å². The predicted octanol–water partition coefficient (Wildman–Crippen LogP) is -3.61. The summed E-state index contributed by atoms with van der Waals surface area (Å²) in [6, 6.07) is 12.0. The van der Waals surface area contributed by atoms with E-state index in [2.05, 4.69) is 62.5 Å². The number of hydrogen-bond acceptors (Lipinski definition) is 14. The number of carbonyl (C=O) groups is 10. The Labute approximate surface area is 528 Å². The van der Waals surface area contributed by atoms with Crippen LogP contribution < -0.4 is 94.1 Å². The highest BCUT2D eigenvalue weighted by molar-refractivity contribution is 5.99. The van der Waals surface area contributed by atoms with E-state index in [0.29, 0.717) is 24.0 Å². The lowest BCUT2D eigenvalue weighted by molar-refractivity contribution is -0.136. The summed E-state index contributed by atoms with van der Waals surface area (Å²) in [6.07, 6.45) is -0.425. The summed E-state index contributed by atoms with van der Waals surface area (Å²) >= 11 is 0. The lowest BCUT2D eigenvalue weighted by atomic mass is 9.90. The first-order chi connectivity index (χ1) is 43.4. The molecule has 1 aliphatic heterocycles. The summed E-state index contributed by atoms with van der Waals surface area (Å²) in [6.45, 7) is 1.42. The van der Waals surface area contributed by atoms with Crippen LogP contribution in [0.15, 0.2) is 92.8 Å². The lowest BCUT2D eigenvalue weighted by Crippen LogP contribution is -2.59. The van der Waals surface area contributed by atoms with E-state index in [9.17, 15) is 33.6 Å². The first-order valence-electron chi connectivity index (χ1n) is 30.3. The summed E-state index contributed by atoms with van der Waals surface area (Å²) in [5.41, 5.74) is 51.6. The van der Waals surface area contributed by atoms with Crippen LogP contribution in [0.4, 0.5) is 0 Å². The van der Waals surface area contributed by atoms with E-state index >= 15 is 14.4 Å². The molecule has 31 heteroatoms. The number of carbonyl (C=O) groups excluding carboxylic acids is 10. The molecule has 1 saturated heterocycles. The number of fused-ring (bicyclic) bond motifs is 1. The highest BCUT2D eigenvalue weighted by atomic mass is 16.2. The molecule has 0 spiro atoms. The Morgan fingerprint density at radius 2 is 0.901 bits per heavy atom. The van der Waals surface area contributed by atoms with E-state index < -0.39 is 114 Å². The Bertz CT molecular complexity index is 3070. The van der Waals surface area contributed by atoms with Gasteiger partial charge in [0.25, 0.3) is 0 Å². The highest BCUT2D eigenvalue weighted by Gasteiger charge is 2.36. The number of unbranched alkanes of at least 4 members (excludes halogenated alkanes) is 1. The van der Waals surface area contributed by atoms with Gasteiger partial charge >= 0.3 is 0 Å². The third-order valence-corrected chi connectivity index (χ3v) is 14.7. The zero-order chi connectivity index (χ0) is 66.8. The largest absolute Gasteiger partial charge is 0.370 e. The minimum atomic E-state index is -1.59. The number of hydrogen-bond donors (Lipinski definition) is 17. The molecule has 496 valence electrons. The maximum Gasteiger partial charge on any atom is 0.243 e. The number of nitrogens with two attached hydrogens (primary N) is 9. The fourth-order valence-electron chi connectivity index (χ4n) is 10.00. The normalized spacial score (nSPS) is 19.8. The third-order valence-electron chi connectivity index (χ3n) is 14.7. The molecule has 1 aliphatic rings. The van der Waals surface area contributed by atoms with Gasteiger partial charge in [-0.3, -0.25) is 67.9 Å². The number of nitrogens with one attached hydrogen (secondary N) is 8. The van der Waals surface area contributed by atoms with Crippen molar-refractivity contribution in [3.05, 3.63) is 83.9 Å². The Morgan fingerprint density at radius 3 is 1.40 bits per heavy atom. The van der Waals surface area contributed by atoms with Crippen LogP contribution in [0.25, 0.3) is 10.8 Å². The van der Waals surface area contributed by atoms with Gasteiger partial charge in [-0.05, 0) is 105 Å². The molecule has 0 aromatic heterocycles. The molecule has 1 heterocycles. The van der Waals surface area contributed by atoms with E-state index in [1.807, 2.05) is 36.4 Å². The zero-order valence-electron chi connectivity index (χ0n) is 51.5. The number of aliphatic imine (C=N–C) groups is 4. The van der Waals surface area contributed by atoms with Crippen molar-refractivity contribution in [1.82, 2.24) is 42.5 Å². The van der Waals surface area contributed by atoms with E-state index in [4.69, 9.17) is 51.6 Å². The molecule has 31 nitrogen and oxygen atoms in total. The lowest BCUT2D eigenvalue weighted by Gasteiger charge is -2.27. The SMILES string of the molecule is CC(=O)N[C@@H](CCCCNC(=O)CC[C@@H]1NC(=O)[C@@H](CCCN=C(N)N)NC(=O)[C@H](CCCN=C(N)N)NC(=O)[C@@H](CCCN=C(N)N)NC(=O)[C@H](CCCN=C(N)N)CC(=O)[C@H](Cc2ccc3ccccc3c2)NC(=O)[C@@H](Cc2ccccc2)NC1=O)C(N)=O. The smallest absolute Gasteiger partial charge is 0.243 e. The Balaban J connectivity index is 1.91. The van der Waals surface area contributed by atoms with Crippen LogP contribution in [0.2, 0.25) is 0 Å². The first kappa shape index (κ1) is 73.4. The molecule has 0 saturated carbocycles. The van der Waals surface area contributed by atoms with E-state index in [-0.39, 0.29) is 140 Å². The minimum absolute atomic E-state index is 0.00181. The average molecular weight is 1270 g/mol. The molecule has 4 rings (SSSR count). The second kappa shape index (κ2) is 39.0. The van der Waals surface area contributed by atoms with Crippen molar-refractivity contribution in [2.24, 2.45) is 77.5 Å². The number of amides is 9. The summed E-state index contributed by atoms with van der Waals surface area (Å²) in [7, 11) is 0. The van der Waals surface area contributed by atoms with Crippen LogP contribution in [0.1, 0.15) is 108 Å². The van der Waals surface area contributed by atoms with Gasteiger partial charge in [0.1, 0.15) is 36.3 Å². The minimum Gasteiger partial charge on any atom is -0.370 e. The van der Waals surface area contributed by atoms with Gasteiger partial charge < -0.3 is 94.1 Å². The van der Waals surface area contributed by atoms with Crippen LogP contribution in [0.5, 0.6) is 0 Å². The molecule has 0 aliphatic carbocycles. The summed E-state index contributed by atoms with van der Waals surface area (Å²) in [5, 5.41) is 23.6. The number of rotatable bonds is 30. The molecule has 91 heavy (non-hydrogen) atoms. The average Bonchev–Trinajstić information content (AvgIpc) is 1.34. The summed E-state index contributed by atoms with van der Waals surface area (Å²) < 4.78 is 0. The molecule has 0 radical (unpaired) electrons. The molecule has 3 aromatic rings. The van der Waals surface area contributed by atoms with Gasteiger partial charge in [0.05, 0.1) is 6.04 Å². The van der Waals surface area contributed by atoms with Crippen molar-refractivity contribution in [2.45, 2.75) is 152 Å². The fraction of sp³-hybridized carbons (Fsp3) is 0.500. The maximum absolute atomic E-state index is 15.2. The van der Waals surface area contributed by atoms with Crippen molar-refractivity contribution >= 4 is 93.6 Å². The topological polar surface area (TPSA) is 551 Å². The monoisotopic (exact) mass is 1270 g/mol. The van der Waals surface area contributed by atoms with Crippen LogP contribution in [0.3, 0.4) is 0 Å². The van der Waals surface area contributed by atoms with Crippen molar-refractivity contribution in [3.8, 4) is 0 Å². The highest BCUT2D eigenvalue weighted by Crippen LogP contribution is 2.21. The van der Waals surface area contributed by atoms with Gasteiger partial charge in [-0.15, -0.1) is 0 Å². The molecule has 1 fully saturated rings.